The number of carbonyl (C=O) groups is 2. The molecule has 2 aliphatic heterocycles. The molecule has 12 heteroatoms. The molecule has 2 fully saturated rings. The van der Waals surface area contributed by atoms with Gasteiger partial charge >= 0.3 is 12.1 Å². The van der Waals surface area contributed by atoms with Crippen molar-refractivity contribution >= 4 is 40.5 Å². The molecule has 0 aliphatic carbocycles. The molecule has 0 saturated carbocycles. The topological polar surface area (TPSA) is 123 Å². The first-order valence-electron chi connectivity index (χ1n) is 12.3. The minimum Gasteiger partial charge on any atom is -0.472 e. The number of esters is 1. The minimum absolute atomic E-state index is 0.0107. The summed E-state index contributed by atoms with van der Waals surface area (Å²) in [6.45, 7) is 12.4. The van der Waals surface area contributed by atoms with Crippen molar-refractivity contribution in [1.29, 1.82) is 0 Å². The molecule has 38 heavy (non-hydrogen) atoms. The number of fused-ring (bicyclic) bond motifs is 3. The maximum atomic E-state index is 15.0. The van der Waals surface area contributed by atoms with Crippen LogP contribution in [0.15, 0.2) is 11.4 Å². The Labute approximate surface area is 224 Å². The average molecular weight is 551 g/mol. The van der Waals surface area contributed by atoms with Crippen molar-refractivity contribution in [2.24, 2.45) is 0 Å². The van der Waals surface area contributed by atoms with Crippen LogP contribution >= 0.6 is 11.6 Å². The number of carbonyl (C=O) groups excluding carboxylic acids is 2. The zero-order valence-corrected chi connectivity index (χ0v) is 23.0. The van der Waals surface area contributed by atoms with Gasteiger partial charge in [0.15, 0.2) is 16.5 Å². The number of methoxy groups -OCH3 is 1. The monoisotopic (exact) mass is 550 g/mol. The van der Waals surface area contributed by atoms with E-state index in [0.29, 0.717) is 24.1 Å². The third-order valence-electron chi connectivity index (χ3n) is 7.17. The quantitative estimate of drug-likeness (QED) is 0.426. The fourth-order valence-electron chi connectivity index (χ4n) is 5.48. The van der Waals surface area contributed by atoms with Gasteiger partial charge in [0, 0.05) is 17.6 Å². The Morgan fingerprint density at radius 1 is 1.34 bits per heavy atom. The fourth-order valence-corrected chi connectivity index (χ4v) is 5.65. The van der Waals surface area contributed by atoms with Crippen molar-refractivity contribution in [3.8, 4) is 5.88 Å². The van der Waals surface area contributed by atoms with E-state index in [4.69, 9.17) is 25.8 Å². The number of H-pyrrole nitrogens is 1. The summed E-state index contributed by atoms with van der Waals surface area (Å²) in [6, 6.07) is -0.988. The van der Waals surface area contributed by atoms with Crippen LogP contribution < -0.4 is 15.6 Å². The average Bonchev–Trinajstić information content (AvgIpc) is 3.11. The Morgan fingerprint density at radius 2 is 2.03 bits per heavy atom. The number of hydrogen-bond acceptors (Lipinski definition) is 8. The van der Waals surface area contributed by atoms with Crippen LogP contribution in [0.1, 0.15) is 51.8 Å². The van der Waals surface area contributed by atoms with E-state index < -0.39 is 57.9 Å². The smallest absolute Gasteiger partial charge is 0.411 e. The summed E-state index contributed by atoms with van der Waals surface area (Å²) < 4.78 is 31.9. The van der Waals surface area contributed by atoms with E-state index in [-0.39, 0.29) is 23.2 Å². The number of pyridine rings is 2. The van der Waals surface area contributed by atoms with Crippen LogP contribution in [-0.4, -0.2) is 69.9 Å². The fraction of sp³-hybridized carbons (Fsp3) is 0.538. The molecule has 2 N–H and O–H groups in total. The lowest BCUT2D eigenvalue weighted by Gasteiger charge is -2.47. The van der Waals surface area contributed by atoms with Crippen molar-refractivity contribution in [3.63, 3.8) is 0 Å². The summed E-state index contributed by atoms with van der Waals surface area (Å²) in [4.78, 5) is 47.3. The van der Waals surface area contributed by atoms with Gasteiger partial charge in [-0.1, -0.05) is 18.2 Å². The minimum atomic E-state index is -1.22. The lowest BCUT2D eigenvalue weighted by molar-refractivity contribution is -0.156. The van der Waals surface area contributed by atoms with E-state index in [1.807, 2.05) is 0 Å². The second-order valence-electron chi connectivity index (χ2n) is 10.7. The summed E-state index contributed by atoms with van der Waals surface area (Å²) in [6.07, 6.45) is 0.932. The Hall–Kier alpha value is -3.18. The van der Waals surface area contributed by atoms with Gasteiger partial charge in [0.2, 0.25) is 5.88 Å². The number of aromatic nitrogens is 2. The lowest BCUT2D eigenvalue weighted by atomic mass is 9.94. The van der Waals surface area contributed by atoms with Crippen molar-refractivity contribution < 1.29 is 28.2 Å². The number of nitrogens with zero attached hydrogens (tertiary/aromatic N) is 2. The second kappa shape index (κ2) is 9.85. The Bertz CT molecular complexity index is 1370. The molecular formula is C26H32ClFN4O6. The van der Waals surface area contributed by atoms with Crippen LogP contribution in [0.3, 0.4) is 0 Å². The highest BCUT2D eigenvalue weighted by atomic mass is 35.5. The Kier molecular flexibility index (Phi) is 7.22. The summed E-state index contributed by atoms with van der Waals surface area (Å²) in [5.41, 5.74) is -1.83. The standard InChI is InChI=1S/C26H32ClFN4O6/c1-8-14-12(2)16-17(21(33)30-14)22(31-20(27)18(16)28)37-13(3)19-15-9-10-26(11-29-19,23(34)36-7)32(15)24(35)38-25(4,5)6/h8,13,15,19,29H,1,9-11H2,2-7H3,(H,30,33)/t13-,15-,19+,26+/m0/s1. The third-order valence-corrected chi connectivity index (χ3v) is 7.42. The SMILES string of the molecule is C=Cc1[nH]c(=O)c2c(O[C@@H](C)[C@H]3NC[C@@]4(C(=O)OC)CC[C@@H]3N4C(=O)OC(C)(C)C)nc(Cl)c(F)c2c1C. The van der Waals surface area contributed by atoms with Gasteiger partial charge < -0.3 is 24.5 Å². The number of amides is 1. The molecule has 10 nitrogen and oxygen atoms in total. The zero-order valence-electron chi connectivity index (χ0n) is 22.2. The number of halogens is 2. The molecule has 4 rings (SSSR count). The predicted molar refractivity (Wildman–Crippen MR) is 140 cm³/mol. The highest BCUT2D eigenvalue weighted by molar-refractivity contribution is 6.30. The Morgan fingerprint density at radius 3 is 2.63 bits per heavy atom. The summed E-state index contributed by atoms with van der Waals surface area (Å²) in [5.74, 6) is -1.52. The van der Waals surface area contributed by atoms with Gasteiger partial charge in [-0.25, -0.2) is 14.0 Å². The molecule has 4 heterocycles. The van der Waals surface area contributed by atoms with Gasteiger partial charge in [0.25, 0.3) is 5.56 Å². The van der Waals surface area contributed by atoms with E-state index >= 15 is 4.39 Å². The second-order valence-corrected chi connectivity index (χ2v) is 11.0. The van der Waals surface area contributed by atoms with Crippen molar-refractivity contribution in [2.75, 3.05) is 13.7 Å². The van der Waals surface area contributed by atoms with Crippen LogP contribution in [0.2, 0.25) is 5.15 Å². The van der Waals surface area contributed by atoms with Crippen LogP contribution in [0.25, 0.3) is 16.8 Å². The summed E-state index contributed by atoms with van der Waals surface area (Å²) in [7, 11) is 1.28. The van der Waals surface area contributed by atoms with Crippen LogP contribution in [-0.2, 0) is 14.3 Å². The summed E-state index contributed by atoms with van der Waals surface area (Å²) >= 11 is 6.10. The number of hydrogen-bond donors (Lipinski definition) is 2. The molecule has 2 aliphatic rings. The first-order valence-corrected chi connectivity index (χ1v) is 12.7. The highest BCUT2D eigenvalue weighted by Crippen LogP contribution is 2.42. The van der Waals surface area contributed by atoms with E-state index in [1.54, 1.807) is 34.6 Å². The largest absolute Gasteiger partial charge is 0.472 e. The number of ether oxygens (including phenoxy) is 3. The molecule has 2 aromatic heterocycles. The highest BCUT2D eigenvalue weighted by Gasteiger charge is 2.61. The van der Waals surface area contributed by atoms with E-state index in [2.05, 4.69) is 21.9 Å². The molecule has 2 bridgehead atoms. The molecule has 2 aromatic rings. The maximum absolute atomic E-state index is 15.0. The van der Waals surface area contributed by atoms with Gasteiger partial charge in [0.05, 0.1) is 19.2 Å². The van der Waals surface area contributed by atoms with Gasteiger partial charge in [0.1, 0.15) is 17.1 Å². The molecule has 0 unspecified atom stereocenters. The molecule has 206 valence electrons. The van der Waals surface area contributed by atoms with Gasteiger partial charge in [-0.05, 0) is 59.1 Å². The van der Waals surface area contributed by atoms with E-state index in [0.717, 1.165) is 0 Å². The molecule has 1 amide bonds. The predicted octanol–water partition coefficient (Wildman–Crippen LogP) is 3.72. The van der Waals surface area contributed by atoms with Crippen LogP contribution in [0, 0.1) is 12.7 Å². The molecule has 0 aromatic carbocycles. The van der Waals surface area contributed by atoms with Gasteiger partial charge in [-0.15, -0.1) is 0 Å². The molecule has 2 saturated heterocycles. The van der Waals surface area contributed by atoms with Crippen molar-refractivity contribution in [1.82, 2.24) is 20.2 Å². The maximum Gasteiger partial charge on any atom is 0.411 e. The van der Waals surface area contributed by atoms with Gasteiger partial charge in [-0.2, -0.15) is 4.98 Å². The molecule has 4 atom stereocenters. The third kappa shape index (κ3) is 4.51. The normalized spacial score (nSPS) is 23.7. The molecule has 0 radical (unpaired) electrons. The zero-order chi connectivity index (χ0) is 28.2. The van der Waals surface area contributed by atoms with Gasteiger partial charge in [-0.3, -0.25) is 9.69 Å². The first kappa shape index (κ1) is 27.8. The van der Waals surface area contributed by atoms with E-state index in [1.165, 1.54) is 18.1 Å². The van der Waals surface area contributed by atoms with Crippen LogP contribution in [0.4, 0.5) is 9.18 Å². The molecular weight excluding hydrogens is 519 g/mol. The first-order chi connectivity index (χ1) is 17.8. The van der Waals surface area contributed by atoms with Crippen molar-refractivity contribution in [3.05, 3.63) is 39.2 Å². The van der Waals surface area contributed by atoms with Crippen LogP contribution in [0.5, 0.6) is 5.88 Å². The number of piperazine rings is 1. The number of rotatable bonds is 5. The number of nitrogens with one attached hydrogen (secondary N) is 2. The van der Waals surface area contributed by atoms with E-state index in [9.17, 15) is 14.4 Å². The molecule has 0 spiro atoms. The number of aromatic amines is 1. The summed E-state index contributed by atoms with van der Waals surface area (Å²) in [5, 5.41) is 2.77. The Balaban J connectivity index is 1.73. The van der Waals surface area contributed by atoms with Crippen molar-refractivity contribution in [2.45, 2.75) is 76.8 Å². The number of aryl methyl sites for hydroxylation is 1. The lowest BCUT2D eigenvalue weighted by Crippen LogP contribution is -2.71.